The van der Waals surface area contributed by atoms with Crippen LogP contribution in [0.4, 0.5) is 0 Å². The summed E-state index contributed by atoms with van der Waals surface area (Å²) in [6, 6.07) is 3.25. The molecule has 0 aliphatic carbocycles. The minimum atomic E-state index is -0.121. The number of carbonyl (C=O) groups excluding carboxylic acids is 1. The number of ether oxygens (including phenoxy) is 1. The Kier molecular flexibility index (Phi) is 4.21. The third-order valence-corrected chi connectivity index (χ3v) is 4.07. The Morgan fingerprint density at radius 1 is 1.41 bits per heavy atom. The molecule has 0 N–H and O–H groups in total. The number of unbranched alkanes of at least 4 members (excludes halogenated alkanes) is 1. The van der Waals surface area contributed by atoms with E-state index in [4.69, 9.17) is 0 Å². The van der Waals surface area contributed by atoms with E-state index >= 15 is 0 Å². The van der Waals surface area contributed by atoms with Crippen LogP contribution in [-0.2, 0) is 9.53 Å². The number of hydrogen-bond acceptors (Lipinski definition) is 3. The summed E-state index contributed by atoms with van der Waals surface area (Å²) in [7, 11) is 1.41. The van der Waals surface area contributed by atoms with Gasteiger partial charge in [0.2, 0.25) is 0 Å². The zero-order valence-corrected chi connectivity index (χ0v) is 10.9. The molecule has 4 atom stereocenters. The predicted octanol–water partition coefficient (Wildman–Crippen LogP) is 2.51. The molecular formula is C14H23NO2. The van der Waals surface area contributed by atoms with Crippen LogP contribution in [-0.4, -0.2) is 36.1 Å². The van der Waals surface area contributed by atoms with Crippen LogP contribution >= 0.6 is 0 Å². The maximum absolute atomic E-state index is 10.5. The van der Waals surface area contributed by atoms with Crippen LogP contribution in [0.5, 0.6) is 0 Å². The van der Waals surface area contributed by atoms with Gasteiger partial charge in [0.1, 0.15) is 0 Å². The van der Waals surface area contributed by atoms with Gasteiger partial charge in [-0.1, -0.05) is 12.2 Å². The van der Waals surface area contributed by atoms with Gasteiger partial charge in [0.15, 0.2) is 0 Å². The lowest BCUT2D eigenvalue weighted by molar-refractivity contribution is -0.140. The van der Waals surface area contributed by atoms with Gasteiger partial charge >= 0.3 is 5.97 Å². The molecule has 17 heavy (non-hydrogen) atoms. The fourth-order valence-corrected chi connectivity index (χ4v) is 3.04. The highest BCUT2D eigenvalue weighted by molar-refractivity contribution is 5.68. The minimum Gasteiger partial charge on any atom is -0.469 e. The molecule has 0 aromatic carbocycles. The van der Waals surface area contributed by atoms with Crippen LogP contribution in [0.25, 0.3) is 0 Å². The molecule has 4 unspecified atom stereocenters. The van der Waals surface area contributed by atoms with E-state index in [0.717, 1.165) is 31.0 Å². The lowest BCUT2D eigenvalue weighted by Crippen LogP contribution is -2.31. The van der Waals surface area contributed by atoms with Gasteiger partial charge in [0.05, 0.1) is 7.11 Å². The number of esters is 1. The average Bonchev–Trinajstić information content (AvgIpc) is 2.76. The fraction of sp³-hybridized carbons (Fsp3) is 0.786. The van der Waals surface area contributed by atoms with Gasteiger partial charge in [-0.3, -0.25) is 9.69 Å². The quantitative estimate of drug-likeness (QED) is 0.326. The van der Waals surface area contributed by atoms with Crippen molar-refractivity contribution < 1.29 is 9.53 Å². The SMILES string of the molecule is C/C=C\CCCC(=O)OC.C1CC2C3CC1N23. The number of fused-ring (bicyclic) bond motifs is 1. The van der Waals surface area contributed by atoms with Gasteiger partial charge in [0.25, 0.3) is 0 Å². The summed E-state index contributed by atoms with van der Waals surface area (Å²) < 4.78 is 4.47. The van der Waals surface area contributed by atoms with Crippen molar-refractivity contribution >= 4 is 5.97 Å². The predicted molar refractivity (Wildman–Crippen MR) is 67.7 cm³/mol. The van der Waals surface area contributed by atoms with Crippen LogP contribution in [0.2, 0.25) is 0 Å². The Morgan fingerprint density at radius 3 is 2.59 bits per heavy atom. The van der Waals surface area contributed by atoms with E-state index < -0.39 is 0 Å². The average molecular weight is 237 g/mol. The first-order valence-electron chi connectivity index (χ1n) is 6.73. The number of carbonyl (C=O) groups is 1. The summed E-state index contributed by atoms with van der Waals surface area (Å²) in [5.74, 6) is -0.121. The Bertz CT molecular complexity index is 287. The third kappa shape index (κ3) is 2.89. The number of rotatable bonds is 4. The summed E-state index contributed by atoms with van der Waals surface area (Å²) in [4.78, 5) is 13.2. The monoisotopic (exact) mass is 237 g/mol. The molecule has 0 aromatic heterocycles. The lowest BCUT2D eigenvalue weighted by Gasteiger charge is -2.24. The maximum atomic E-state index is 10.5. The van der Waals surface area contributed by atoms with E-state index in [9.17, 15) is 4.79 Å². The topological polar surface area (TPSA) is 29.3 Å². The highest BCUT2D eigenvalue weighted by Crippen LogP contribution is 2.55. The lowest BCUT2D eigenvalue weighted by atomic mass is 9.95. The molecule has 3 saturated heterocycles. The maximum Gasteiger partial charge on any atom is 0.305 e. The Morgan fingerprint density at radius 2 is 2.24 bits per heavy atom. The van der Waals surface area contributed by atoms with Crippen molar-refractivity contribution in [1.29, 1.82) is 0 Å². The molecule has 3 aliphatic heterocycles. The zero-order valence-electron chi connectivity index (χ0n) is 10.9. The molecule has 3 fully saturated rings. The second-order valence-electron chi connectivity index (χ2n) is 5.09. The Hall–Kier alpha value is -0.830. The van der Waals surface area contributed by atoms with Crippen molar-refractivity contribution in [2.45, 2.75) is 63.6 Å². The van der Waals surface area contributed by atoms with E-state index in [2.05, 4.69) is 9.64 Å². The molecule has 0 bridgehead atoms. The molecule has 3 heteroatoms. The summed E-state index contributed by atoms with van der Waals surface area (Å²) in [6.07, 6.45) is 11.0. The largest absolute Gasteiger partial charge is 0.469 e. The van der Waals surface area contributed by atoms with Crippen molar-refractivity contribution in [3.05, 3.63) is 12.2 Å². The van der Waals surface area contributed by atoms with Crippen LogP contribution in [0.15, 0.2) is 12.2 Å². The fourth-order valence-electron chi connectivity index (χ4n) is 3.04. The molecular weight excluding hydrogens is 214 g/mol. The third-order valence-electron chi connectivity index (χ3n) is 4.07. The van der Waals surface area contributed by atoms with Crippen molar-refractivity contribution in [3.63, 3.8) is 0 Å². The first-order valence-corrected chi connectivity index (χ1v) is 6.73. The van der Waals surface area contributed by atoms with E-state index in [-0.39, 0.29) is 5.97 Å². The van der Waals surface area contributed by atoms with E-state index in [1.54, 1.807) is 6.42 Å². The molecule has 96 valence electrons. The summed E-state index contributed by atoms with van der Waals surface area (Å²) in [5.41, 5.74) is 0. The van der Waals surface area contributed by atoms with E-state index in [1.165, 1.54) is 20.0 Å². The van der Waals surface area contributed by atoms with Crippen molar-refractivity contribution in [2.24, 2.45) is 0 Å². The van der Waals surface area contributed by atoms with E-state index in [0.29, 0.717) is 6.42 Å². The molecule has 0 aromatic rings. The second-order valence-corrected chi connectivity index (χ2v) is 5.09. The Labute approximate surface area is 104 Å². The van der Waals surface area contributed by atoms with Gasteiger partial charge in [-0.05, 0) is 39.0 Å². The molecule has 3 heterocycles. The molecule has 3 rings (SSSR count). The van der Waals surface area contributed by atoms with Crippen LogP contribution in [0, 0.1) is 0 Å². The van der Waals surface area contributed by atoms with Crippen LogP contribution in [0.3, 0.4) is 0 Å². The first kappa shape index (κ1) is 12.6. The van der Waals surface area contributed by atoms with Gasteiger partial charge in [-0.25, -0.2) is 0 Å². The molecule has 0 spiro atoms. The normalized spacial score (nSPS) is 35.6. The van der Waals surface area contributed by atoms with Gasteiger partial charge in [-0.15, -0.1) is 0 Å². The Balaban J connectivity index is 0.000000131. The first-order chi connectivity index (χ1) is 8.27. The van der Waals surface area contributed by atoms with Crippen molar-refractivity contribution in [1.82, 2.24) is 4.90 Å². The molecule has 3 nitrogen and oxygen atoms in total. The summed E-state index contributed by atoms with van der Waals surface area (Å²) in [5, 5.41) is 0. The van der Waals surface area contributed by atoms with Gasteiger partial charge in [-0.2, -0.15) is 0 Å². The van der Waals surface area contributed by atoms with E-state index in [1.807, 2.05) is 19.1 Å². The number of methoxy groups -OCH3 is 1. The highest BCUT2D eigenvalue weighted by Gasteiger charge is 2.63. The van der Waals surface area contributed by atoms with Gasteiger partial charge < -0.3 is 4.74 Å². The molecule has 3 aliphatic rings. The summed E-state index contributed by atoms with van der Waals surface area (Å²) >= 11 is 0. The number of piperidine rings is 1. The highest BCUT2D eigenvalue weighted by atomic mass is 16.5. The van der Waals surface area contributed by atoms with Gasteiger partial charge in [0, 0.05) is 24.5 Å². The summed E-state index contributed by atoms with van der Waals surface area (Å²) in [6.45, 7) is 1.97. The zero-order chi connectivity index (χ0) is 12.3. The van der Waals surface area contributed by atoms with Crippen LogP contribution in [0.1, 0.15) is 45.4 Å². The van der Waals surface area contributed by atoms with Crippen molar-refractivity contribution in [2.75, 3.05) is 7.11 Å². The molecule has 0 radical (unpaired) electrons. The van der Waals surface area contributed by atoms with Crippen LogP contribution < -0.4 is 0 Å². The second kappa shape index (κ2) is 5.67. The standard InChI is InChI=1S/C8H14O2.C6H9N/c1-3-4-5-6-7-8(9)10-2;1-2-5-6-3-4(1)7(5)6/h3-4H,5-7H2,1-2H3;4-6H,1-3H2/b4-3-;. The number of nitrogens with zero attached hydrogens (tertiary/aromatic N) is 1. The minimum absolute atomic E-state index is 0.121. The number of allylic oxidation sites excluding steroid dienone is 2. The number of hydrogen-bond donors (Lipinski definition) is 0. The molecule has 0 amide bonds. The smallest absolute Gasteiger partial charge is 0.305 e. The van der Waals surface area contributed by atoms with Crippen molar-refractivity contribution in [3.8, 4) is 0 Å². The molecule has 0 saturated carbocycles.